The van der Waals surface area contributed by atoms with Gasteiger partial charge >= 0.3 is 0 Å². The Hall–Kier alpha value is -0.880. The van der Waals surface area contributed by atoms with Crippen molar-refractivity contribution in [2.45, 2.75) is 41.9 Å². The summed E-state index contributed by atoms with van der Waals surface area (Å²) in [7, 11) is -3.20. The zero-order valence-corrected chi connectivity index (χ0v) is 13.6. The molecular weight excluding hydrogens is 292 g/mol. The summed E-state index contributed by atoms with van der Waals surface area (Å²) in [6, 6.07) is 5.34. The third kappa shape index (κ3) is 3.61. The van der Waals surface area contributed by atoms with Crippen LogP contribution in [0.3, 0.4) is 0 Å². The summed E-state index contributed by atoms with van der Waals surface area (Å²) in [4.78, 5) is 0.269. The highest BCUT2D eigenvalue weighted by Gasteiger charge is 2.24. The molecule has 0 aromatic heterocycles. The Labute approximate surface area is 125 Å². The van der Waals surface area contributed by atoms with Crippen molar-refractivity contribution >= 4 is 33.0 Å². The standard InChI is InChI=1S/C14H22N2O2S2/c1-19-14-6-4-3-5-13(14)16-12-8-7-10(9-11(12)15)20(2,17)18/h7-9,13-14,16H,3-6,15H2,1-2H3. The highest BCUT2D eigenvalue weighted by molar-refractivity contribution is 7.99. The number of nitrogens with two attached hydrogens (primary N) is 1. The molecule has 0 saturated heterocycles. The van der Waals surface area contributed by atoms with Crippen LogP contribution >= 0.6 is 11.8 Å². The van der Waals surface area contributed by atoms with Crippen molar-refractivity contribution in [3.05, 3.63) is 18.2 Å². The van der Waals surface area contributed by atoms with Crippen LogP contribution in [0, 0.1) is 0 Å². The van der Waals surface area contributed by atoms with E-state index in [2.05, 4.69) is 11.6 Å². The predicted molar refractivity (Wildman–Crippen MR) is 87.1 cm³/mol. The summed E-state index contributed by atoms with van der Waals surface area (Å²) in [5.41, 5.74) is 7.32. The average Bonchev–Trinajstić information content (AvgIpc) is 2.40. The zero-order chi connectivity index (χ0) is 14.8. The van der Waals surface area contributed by atoms with Crippen LogP contribution in [-0.4, -0.2) is 32.2 Å². The van der Waals surface area contributed by atoms with E-state index in [4.69, 9.17) is 5.73 Å². The van der Waals surface area contributed by atoms with E-state index in [1.165, 1.54) is 31.6 Å². The van der Waals surface area contributed by atoms with Crippen LogP contribution in [0.15, 0.2) is 23.1 Å². The number of nitrogen functional groups attached to an aromatic ring is 1. The Morgan fingerprint density at radius 1 is 1.30 bits per heavy atom. The second kappa shape index (κ2) is 6.26. The van der Waals surface area contributed by atoms with Crippen LogP contribution in [0.25, 0.3) is 0 Å². The molecule has 1 aliphatic rings. The van der Waals surface area contributed by atoms with E-state index in [9.17, 15) is 8.42 Å². The van der Waals surface area contributed by atoms with Crippen molar-refractivity contribution < 1.29 is 8.42 Å². The molecule has 2 atom stereocenters. The Bertz CT molecular complexity index is 573. The monoisotopic (exact) mass is 314 g/mol. The molecule has 0 amide bonds. The van der Waals surface area contributed by atoms with Gasteiger partial charge in [-0.3, -0.25) is 0 Å². The molecule has 0 radical (unpaired) electrons. The van der Waals surface area contributed by atoms with Crippen molar-refractivity contribution in [2.75, 3.05) is 23.6 Å². The molecular formula is C14H22N2O2S2. The molecule has 1 aromatic carbocycles. The number of thioether (sulfide) groups is 1. The zero-order valence-electron chi connectivity index (χ0n) is 11.9. The van der Waals surface area contributed by atoms with Gasteiger partial charge in [0.25, 0.3) is 0 Å². The highest BCUT2D eigenvalue weighted by Crippen LogP contribution is 2.31. The molecule has 0 spiro atoms. The van der Waals surface area contributed by atoms with E-state index in [1.807, 2.05) is 11.8 Å². The third-order valence-corrected chi connectivity index (χ3v) is 6.08. The normalized spacial score (nSPS) is 23.5. The first kappa shape index (κ1) is 15.5. The molecule has 0 aliphatic heterocycles. The second-order valence-electron chi connectivity index (χ2n) is 5.33. The topological polar surface area (TPSA) is 72.2 Å². The number of sulfone groups is 1. The maximum atomic E-state index is 11.5. The maximum absolute atomic E-state index is 11.5. The number of hydrogen-bond acceptors (Lipinski definition) is 5. The van der Waals surface area contributed by atoms with Crippen LogP contribution in [-0.2, 0) is 9.84 Å². The highest BCUT2D eigenvalue weighted by atomic mass is 32.2. The largest absolute Gasteiger partial charge is 0.397 e. The first-order valence-electron chi connectivity index (χ1n) is 6.80. The van der Waals surface area contributed by atoms with Crippen molar-refractivity contribution in [2.24, 2.45) is 0 Å². The lowest BCUT2D eigenvalue weighted by atomic mass is 9.94. The molecule has 1 aromatic rings. The lowest BCUT2D eigenvalue weighted by Crippen LogP contribution is -2.34. The smallest absolute Gasteiger partial charge is 0.175 e. The van der Waals surface area contributed by atoms with Crippen LogP contribution in [0.5, 0.6) is 0 Å². The lowest BCUT2D eigenvalue weighted by molar-refractivity contribution is 0.475. The number of rotatable bonds is 4. The van der Waals surface area contributed by atoms with E-state index in [0.717, 1.165) is 12.1 Å². The van der Waals surface area contributed by atoms with E-state index < -0.39 is 9.84 Å². The summed E-state index contributed by atoms with van der Waals surface area (Å²) in [6.07, 6.45) is 8.21. The molecule has 0 bridgehead atoms. The van der Waals surface area contributed by atoms with Gasteiger partial charge in [-0.05, 0) is 37.3 Å². The third-order valence-electron chi connectivity index (χ3n) is 3.80. The Balaban J connectivity index is 2.17. The molecule has 0 heterocycles. The first-order valence-corrected chi connectivity index (χ1v) is 9.98. The number of anilines is 2. The SMILES string of the molecule is CSC1CCCCC1Nc1ccc(S(C)(=O)=O)cc1N. The number of nitrogens with one attached hydrogen (secondary N) is 1. The van der Waals surface area contributed by atoms with Gasteiger partial charge in [-0.25, -0.2) is 8.42 Å². The minimum absolute atomic E-state index is 0.269. The molecule has 20 heavy (non-hydrogen) atoms. The minimum Gasteiger partial charge on any atom is -0.397 e. The van der Waals surface area contributed by atoms with Gasteiger partial charge in [0.1, 0.15) is 0 Å². The van der Waals surface area contributed by atoms with Crippen LogP contribution in [0.2, 0.25) is 0 Å². The quantitative estimate of drug-likeness (QED) is 0.836. The van der Waals surface area contributed by atoms with Gasteiger partial charge in [0.2, 0.25) is 0 Å². The van der Waals surface area contributed by atoms with E-state index in [0.29, 0.717) is 17.0 Å². The predicted octanol–water partition coefficient (Wildman–Crippen LogP) is 2.76. The fraction of sp³-hybridized carbons (Fsp3) is 0.571. The van der Waals surface area contributed by atoms with E-state index in [1.54, 1.807) is 12.1 Å². The first-order chi connectivity index (χ1) is 9.41. The second-order valence-corrected chi connectivity index (χ2v) is 8.42. The molecule has 112 valence electrons. The molecule has 2 unspecified atom stereocenters. The summed E-state index contributed by atoms with van der Waals surface area (Å²) < 4.78 is 23.0. The van der Waals surface area contributed by atoms with Crippen molar-refractivity contribution in [1.29, 1.82) is 0 Å². The van der Waals surface area contributed by atoms with Crippen molar-refractivity contribution in [1.82, 2.24) is 0 Å². The van der Waals surface area contributed by atoms with E-state index >= 15 is 0 Å². The number of hydrogen-bond donors (Lipinski definition) is 2. The Morgan fingerprint density at radius 3 is 2.60 bits per heavy atom. The average molecular weight is 314 g/mol. The summed E-state index contributed by atoms with van der Waals surface area (Å²) in [5.74, 6) is 0. The fourth-order valence-electron chi connectivity index (χ4n) is 2.65. The van der Waals surface area contributed by atoms with Crippen molar-refractivity contribution in [3.63, 3.8) is 0 Å². The van der Waals surface area contributed by atoms with Gasteiger partial charge in [0, 0.05) is 17.5 Å². The maximum Gasteiger partial charge on any atom is 0.175 e. The minimum atomic E-state index is -3.20. The molecule has 2 rings (SSSR count). The van der Waals surface area contributed by atoms with Gasteiger partial charge in [0.15, 0.2) is 9.84 Å². The molecule has 6 heteroatoms. The van der Waals surface area contributed by atoms with Gasteiger partial charge in [-0.2, -0.15) is 11.8 Å². The van der Waals surface area contributed by atoms with Crippen molar-refractivity contribution in [3.8, 4) is 0 Å². The molecule has 3 N–H and O–H groups in total. The summed E-state index contributed by atoms with van der Waals surface area (Å²) in [6.45, 7) is 0. The van der Waals surface area contributed by atoms with Crippen LogP contribution in [0.1, 0.15) is 25.7 Å². The lowest BCUT2D eigenvalue weighted by Gasteiger charge is -2.32. The van der Waals surface area contributed by atoms with E-state index in [-0.39, 0.29) is 4.90 Å². The van der Waals surface area contributed by atoms with Crippen LogP contribution in [0.4, 0.5) is 11.4 Å². The Morgan fingerprint density at radius 2 is 2.00 bits per heavy atom. The van der Waals surface area contributed by atoms with Gasteiger partial charge < -0.3 is 11.1 Å². The van der Waals surface area contributed by atoms with Gasteiger partial charge in [-0.15, -0.1) is 0 Å². The molecule has 4 nitrogen and oxygen atoms in total. The Kier molecular flexibility index (Phi) is 4.86. The molecule has 1 saturated carbocycles. The fourth-order valence-corrected chi connectivity index (χ4v) is 4.24. The summed E-state index contributed by atoms with van der Waals surface area (Å²) in [5, 5.41) is 4.08. The summed E-state index contributed by atoms with van der Waals surface area (Å²) >= 11 is 1.89. The van der Waals surface area contributed by atoms with Gasteiger partial charge in [-0.1, -0.05) is 12.8 Å². The van der Waals surface area contributed by atoms with Crippen LogP contribution < -0.4 is 11.1 Å². The molecule has 1 fully saturated rings. The molecule has 1 aliphatic carbocycles. The number of benzene rings is 1. The van der Waals surface area contributed by atoms with Gasteiger partial charge in [0.05, 0.1) is 16.3 Å².